The van der Waals surface area contributed by atoms with E-state index in [9.17, 15) is 9.59 Å². The van der Waals surface area contributed by atoms with Crippen molar-refractivity contribution in [2.75, 3.05) is 25.1 Å². The second kappa shape index (κ2) is 9.34. The molecule has 2 amide bonds. The van der Waals surface area contributed by atoms with Gasteiger partial charge in [0.05, 0.1) is 25.7 Å². The molecule has 0 unspecified atom stereocenters. The van der Waals surface area contributed by atoms with E-state index in [0.717, 1.165) is 0 Å². The summed E-state index contributed by atoms with van der Waals surface area (Å²) in [4.78, 5) is 22.8. The molecule has 1 aliphatic heterocycles. The zero-order valence-electron chi connectivity index (χ0n) is 12.9. The van der Waals surface area contributed by atoms with Crippen molar-refractivity contribution in [3.8, 4) is 5.75 Å². The molecule has 1 fully saturated rings. The number of hydrogen-bond acceptors (Lipinski definition) is 5. The number of hydrogen-bond donors (Lipinski definition) is 3. The summed E-state index contributed by atoms with van der Waals surface area (Å²) >= 11 is 0. The highest BCUT2D eigenvalue weighted by Gasteiger charge is 2.28. The van der Waals surface area contributed by atoms with Crippen molar-refractivity contribution >= 4 is 29.9 Å². The lowest BCUT2D eigenvalue weighted by Gasteiger charge is -2.29. The first-order chi connectivity index (χ1) is 10.6. The van der Waals surface area contributed by atoms with Crippen LogP contribution in [0.4, 0.5) is 5.69 Å². The monoisotopic (exact) mass is 343 g/mol. The quantitative estimate of drug-likeness (QED) is 0.704. The molecule has 128 valence electrons. The van der Waals surface area contributed by atoms with E-state index in [1.807, 2.05) is 6.92 Å². The van der Waals surface area contributed by atoms with E-state index in [-0.39, 0.29) is 43.5 Å². The summed E-state index contributed by atoms with van der Waals surface area (Å²) in [6.07, 6.45) is 0.00847. The number of benzene rings is 1. The molecule has 7 nitrogen and oxygen atoms in total. The maximum Gasteiger partial charge on any atom is 0.244 e. The van der Waals surface area contributed by atoms with Crippen molar-refractivity contribution < 1.29 is 19.1 Å². The zero-order valence-corrected chi connectivity index (χ0v) is 13.7. The number of ether oxygens (including phenoxy) is 2. The van der Waals surface area contributed by atoms with Crippen molar-refractivity contribution in [3.05, 3.63) is 24.3 Å². The molecule has 0 saturated carbocycles. The number of rotatable bonds is 6. The third-order valence-electron chi connectivity index (χ3n) is 3.34. The summed E-state index contributed by atoms with van der Waals surface area (Å²) in [6.45, 7) is 3.38. The van der Waals surface area contributed by atoms with Gasteiger partial charge in [0.15, 0.2) is 0 Å². The number of morpholine rings is 1. The minimum absolute atomic E-state index is 0. The van der Waals surface area contributed by atoms with Crippen LogP contribution in [0.3, 0.4) is 0 Å². The standard InChI is InChI=1S/C15H21N3O4.ClH/c1-10-14(17-7-9-21-10)15(20)18-11-2-4-12(5-3-11)22-8-6-13(16)19;/h2-5,10,14,17H,6-9H2,1H3,(H2,16,19)(H,18,20);1H/t10-,14+;/m1./s1. The molecule has 0 spiro atoms. The number of carbonyl (C=O) groups is 2. The number of primary amides is 1. The van der Waals surface area contributed by atoms with Gasteiger partial charge in [0.2, 0.25) is 11.8 Å². The molecule has 1 aromatic rings. The maximum atomic E-state index is 12.2. The van der Waals surface area contributed by atoms with E-state index in [1.165, 1.54) is 0 Å². The largest absolute Gasteiger partial charge is 0.493 e. The van der Waals surface area contributed by atoms with Crippen LogP contribution >= 0.6 is 12.4 Å². The Morgan fingerprint density at radius 1 is 1.39 bits per heavy atom. The Balaban J connectivity index is 0.00000264. The predicted octanol–water partition coefficient (Wildman–Crippen LogP) is 0.678. The van der Waals surface area contributed by atoms with Crippen LogP contribution in [0.2, 0.25) is 0 Å². The van der Waals surface area contributed by atoms with Crippen LogP contribution in [0.1, 0.15) is 13.3 Å². The van der Waals surface area contributed by atoms with Crippen LogP contribution in [-0.2, 0) is 14.3 Å². The molecule has 23 heavy (non-hydrogen) atoms. The topological polar surface area (TPSA) is 103 Å². The minimum Gasteiger partial charge on any atom is -0.493 e. The fraction of sp³-hybridized carbons (Fsp3) is 0.467. The van der Waals surface area contributed by atoms with Gasteiger partial charge >= 0.3 is 0 Å². The smallest absolute Gasteiger partial charge is 0.244 e. The van der Waals surface area contributed by atoms with Crippen molar-refractivity contribution in [3.63, 3.8) is 0 Å². The molecule has 8 heteroatoms. The van der Waals surface area contributed by atoms with Gasteiger partial charge in [0.1, 0.15) is 11.8 Å². The Bertz CT molecular complexity index is 524. The van der Waals surface area contributed by atoms with E-state index >= 15 is 0 Å². The SMILES string of the molecule is C[C@H]1OCCN[C@@H]1C(=O)Nc1ccc(OCCC(N)=O)cc1.Cl. The molecule has 1 heterocycles. The van der Waals surface area contributed by atoms with Crippen LogP contribution < -0.4 is 21.1 Å². The van der Waals surface area contributed by atoms with E-state index in [4.69, 9.17) is 15.2 Å². The molecule has 0 bridgehead atoms. The van der Waals surface area contributed by atoms with Crippen molar-refractivity contribution in [1.29, 1.82) is 0 Å². The lowest BCUT2D eigenvalue weighted by molar-refractivity contribution is -0.123. The maximum absolute atomic E-state index is 12.2. The van der Waals surface area contributed by atoms with Gasteiger partial charge in [-0.3, -0.25) is 9.59 Å². The molecule has 2 rings (SSSR count). The normalized spacial score (nSPS) is 20.2. The van der Waals surface area contributed by atoms with Crippen molar-refractivity contribution in [1.82, 2.24) is 5.32 Å². The average Bonchev–Trinajstić information content (AvgIpc) is 2.49. The van der Waals surface area contributed by atoms with Crippen LogP contribution in [0, 0.1) is 0 Å². The number of anilines is 1. The van der Waals surface area contributed by atoms with E-state index in [2.05, 4.69) is 10.6 Å². The van der Waals surface area contributed by atoms with Crippen molar-refractivity contribution in [2.24, 2.45) is 5.73 Å². The number of carbonyl (C=O) groups excluding carboxylic acids is 2. The highest BCUT2D eigenvalue weighted by atomic mass is 35.5. The van der Waals surface area contributed by atoms with Gasteiger partial charge < -0.3 is 25.8 Å². The van der Waals surface area contributed by atoms with E-state index in [0.29, 0.717) is 24.6 Å². The molecule has 4 N–H and O–H groups in total. The molecule has 1 aromatic carbocycles. The zero-order chi connectivity index (χ0) is 15.9. The molecule has 0 aliphatic carbocycles. The molecular formula is C15H22ClN3O4. The molecule has 2 atom stereocenters. The number of nitrogens with two attached hydrogens (primary N) is 1. The van der Waals surface area contributed by atoms with Crippen LogP contribution in [0.5, 0.6) is 5.75 Å². The Labute approximate surface area is 141 Å². The Kier molecular flexibility index (Phi) is 7.80. The molecule has 0 aromatic heterocycles. The second-order valence-electron chi connectivity index (χ2n) is 5.09. The summed E-state index contributed by atoms with van der Waals surface area (Å²) in [6, 6.07) is 6.58. The van der Waals surface area contributed by atoms with Gasteiger partial charge in [-0.1, -0.05) is 0 Å². The predicted molar refractivity (Wildman–Crippen MR) is 88.8 cm³/mol. The van der Waals surface area contributed by atoms with Gasteiger partial charge in [-0.15, -0.1) is 12.4 Å². The van der Waals surface area contributed by atoms with Gasteiger partial charge in [-0.05, 0) is 31.2 Å². The first-order valence-corrected chi connectivity index (χ1v) is 7.23. The lowest BCUT2D eigenvalue weighted by Crippen LogP contribution is -2.53. The Hall–Kier alpha value is -1.83. The van der Waals surface area contributed by atoms with Gasteiger partial charge in [0, 0.05) is 12.2 Å². The molecule has 1 aliphatic rings. The third kappa shape index (κ3) is 6.05. The van der Waals surface area contributed by atoms with Gasteiger partial charge in [-0.2, -0.15) is 0 Å². The summed E-state index contributed by atoms with van der Waals surface area (Å²) in [7, 11) is 0. The van der Waals surface area contributed by atoms with Gasteiger partial charge in [0.25, 0.3) is 0 Å². The first-order valence-electron chi connectivity index (χ1n) is 7.23. The Morgan fingerprint density at radius 3 is 2.70 bits per heavy atom. The second-order valence-corrected chi connectivity index (χ2v) is 5.09. The van der Waals surface area contributed by atoms with Crippen LogP contribution in [-0.4, -0.2) is 43.7 Å². The molecule has 1 saturated heterocycles. The summed E-state index contributed by atoms with van der Waals surface area (Å²) in [5.41, 5.74) is 5.71. The minimum atomic E-state index is -0.403. The number of amides is 2. The molecular weight excluding hydrogens is 322 g/mol. The van der Waals surface area contributed by atoms with E-state index in [1.54, 1.807) is 24.3 Å². The average molecular weight is 344 g/mol. The van der Waals surface area contributed by atoms with Crippen LogP contribution in [0.25, 0.3) is 0 Å². The summed E-state index contributed by atoms with van der Waals surface area (Å²) < 4.78 is 10.8. The highest BCUT2D eigenvalue weighted by molar-refractivity contribution is 5.95. The Morgan fingerprint density at radius 2 is 2.09 bits per heavy atom. The number of halogens is 1. The summed E-state index contributed by atoms with van der Waals surface area (Å²) in [5, 5.41) is 5.97. The lowest BCUT2D eigenvalue weighted by atomic mass is 10.1. The highest BCUT2D eigenvalue weighted by Crippen LogP contribution is 2.16. The molecule has 0 radical (unpaired) electrons. The number of nitrogens with one attached hydrogen (secondary N) is 2. The van der Waals surface area contributed by atoms with Crippen molar-refractivity contribution in [2.45, 2.75) is 25.5 Å². The van der Waals surface area contributed by atoms with Gasteiger partial charge in [-0.25, -0.2) is 0 Å². The van der Waals surface area contributed by atoms with E-state index < -0.39 is 5.91 Å². The summed E-state index contributed by atoms with van der Waals surface area (Å²) in [5.74, 6) is 0.0848. The third-order valence-corrected chi connectivity index (χ3v) is 3.34. The fourth-order valence-electron chi connectivity index (χ4n) is 2.15. The fourth-order valence-corrected chi connectivity index (χ4v) is 2.15. The van der Waals surface area contributed by atoms with Crippen LogP contribution in [0.15, 0.2) is 24.3 Å². The first kappa shape index (κ1) is 19.2.